The number of rotatable bonds is 4. The molecule has 2 heterocycles. The highest BCUT2D eigenvalue weighted by atomic mass is 32.2. The van der Waals surface area contributed by atoms with E-state index in [-0.39, 0.29) is 11.7 Å². The lowest BCUT2D eigenvalue weighted by Crippen LogP contribution is -2.19. The molecular weight excluding hydrogens is 387 g/mol. The molecule has 1 N–H and O–H groups in total. The van der Waals surface area contributed by atoms with E-state index in [1.54, 1.807) is 12.1 Å². The highest BCUT2D eigenvalue weighted by Crippen LogP contribution is 2.29. The molecule has 1 aliphatic heterocycles. The first-order valence-corrected chi connectivity index (χ1v) is 9.81. The number of aromatic nitrogens is 1. The lowest BCUT2D eigenvalue weighted by atomic mass is 10.2. The van der Waals surface area contributed by atoms with Gasteiger partial charge in [-0.25, -0.2) is 9.38 Å². The first-order valence-electron chi connectivity index (χ1n) is 9.00. The highest BCUT2D eigenvalue weighted by Gasteiger charge is 2.24. The third-order valence-electron chi connectivity index (χ3n) is 4.41. The van der Waals surface area contributed by atoms with Crippen molar-refractivity contribution in [2.24, 2.45) is 4.99 Å². The second-order valence-corrected chi connectivity index (χ2v) is 7.70. The van der Waals surface area contributed by atoms with E-state index in [1.165, 1.54) is 23.9 Å². The number of amides is 1. The monoisotopic (exact) mass is 406 g/mol. The van der Waals surface area contributed by atoms with Crippen molar-refractivity contribution in [3.63, 3.8) is 0 Å². The minimum absolute atomic E-state index is 0.202. The highest BCUT2D eigenvalue weighted by molar-refractivity contribution is 8.18. The predicted molar refractivity (Wildman–Crippen MR) is 117 cm³/mol. The number of halogens is 1. The molecule has 2 aromatic carbocycles. The molecule has 1 amide bonds. The number of carbonyl (C=O) groups is 1. The van der Waals surface area contributed by atoms with Gasteiger partial charge < -0.3 is 14.8 Å². The fraction of sp³-hybridized carbons (Fsp3) is 0.0909. The number of benzene rings is 2. The van der Waals surface area contributed by atoms with Crippen LogP contribution in [0.25, 0.3) is 11.8 Å². The summed E-state index contributed by atoms with van der Waals surface area (Å²) in [5, 5.41) is 3.23. The minimum atomic E-state index is -0.322. The molecule has 0 unspecified atom stereocenters. The topological polar surface area (TPSA) is 49.6 Å². The van der Waals surface area contributed by atoms with E-state index in [4.69, 9.17) is 0 Å². The largest absolute Gasteiger partial charge is 0.378 e. The molecule has 1 aromatic heterocycles. The maximum atomic E-state index is 13.0. The van der Waals surface area contributed by atoms with Gasteiger partial charge in [-0.05, 0) is 78.5 Å². The number of aliphatic imine (C=N–C) groups is 1. The lowest BCUT2D eigenvalue weighted by molar-refractivity contribution is -0.115. The molecule has 1 saturated heterocycles. The number of nitrogens with one attached hydrogen (secondary N) is 1. The standard InChI is InChI=1S/C22H19FN4OS/c1-26(2)17-9-11-18(12-10-17)27-13-3-4-19(27)14-20-21(28)25-22(29-20)24-16-7-5-15(23)6-8-16/h3-14H,1-2H3,(H,24,25,28)/b20-14-. The van der Waals surface area contributed by atoms with Crippen LogP contribution in [-0.4, -0.2) is 29.7 Å². The van der Waals surface area contributed by atoms with Crippen LogP contribution in [0.4, 0.5) is 15.8 Å². The van der Waals surface area contributed by atoms with Gasteiger partial charge in [0.1, 0.15) is 5.82 Å². The van der Waals surface area contributed by atoms with Gasteiger partial charge in [-0.15, -0.1) is 0 Å². The summed E-state index contributed by atoms with van der Waals surface area (Å²) < 4.78 is 15.1. The van der Waals surface area contributed by atoms with Crippen molar-refractivity contribution in [3.8, 4) is 5.69 Å². The molecule has 0 radical (unpaired) electrons. The molecule has 0 aliphatic carbocycles. The minimum Gasteiger partial charge on any atom is -0.378 e. The van der Waals surface area contributed by atoms with Gasteiger partial charge in [-0.1, -0.05) is 0 Å². The molecule has 0 spiro atoms. The molecular formula is C22H19FN4OS. The van der Waals surface area contributed by atoms with Crippen LogP contribution in [0.5, 0.6) is 0 Å². The van der Waals surface area contributed by atoms with E-state index in [1.807, 2.05) is 60.1 Å². The summed E-state index contributed by atoms with van der Waals surface area (Å²) in [6, 6.07) is 17.9. The van der Waals surface area contributed by atoms with Crippen LogP contribution in [-0.2, 0) is 4.79 Å². The second kappa shape index (κ2) is 7.97. The van der Waals surface area contributed by atoms with Gasteiger partial charge in [0.2, 0.25) is 0 Å². The average molecular weight is 406 g/mol. The summed E-state index contributed by atoms with van der Waals surface area (Å²) >= 11 is 1.26. The van der Waals surface area contributed by atoms with Gasteiger partial charge in [0, 0.05) is 37.4 Å². The number of carbonyl (C=O) groups excluding carboxylic acids is 1. The molecule has 7 heteroatoms. The summed E-state index contributed by atoms with van der Waals surface area (Å²) in [6.07, 6.45) is 3.80. The van der Waals surface area contributed by atoms with Crippen molar-refractivity contribution in [3.05, 3.63) is 83.3 Å². The number of hydrogen-bond acceptors (Lipinski definition) is 4. The summed E-state index contributed by atoms with van der Waals surface area (Å²) in [5.74, 6) is -0.524. The van der Waals surface area contributed by atoms with E-state index in [0.717, 1.165) is 17.1 Å². The van der Waals surface area contributed by atoms with Crippen LogP contribution in [0.1, 0.15) is 5.69 Å². The van der Waals surface area contributed by atoms with Crippen LogP contribution in [0.15, 0.2) is 76.8 Å². The molecule has 3 aromatic rings. The maximum absolute atomic E-state index is 13.0. The Hall–Kier alpha value is -3.32. The maximum Gasteiger partial charge on any atom is 0.264 e. The zero-order valence-electron chi connectivity index (χ0n) is 16.0. The first-order chi connectivity index (χ1) is 14.0. The number of thioether (sulfide) groups is 1. The van der Waals surface area contributed by atoms with E-state index in [9.17, 15) is 9.18 Å². The fourth-order valence-electron chi connectivity index (χ4n) is 2.91. The second-order valence-electron chi connectivity index (χ2n) is 6.67. The van der Waals surface area contributed by atoms with Crippen molar-refractivity contribution in [1.29, 1.82) is 0 Å². The Balaban J connectivity index is 1.58. The van der Waals surface area contributed by atoms with E-state index < -0.39 is 0 Å². The van der Waals surface area contributed by atoms with Crippen LogP contribution in [0.2, 0.25) is 0 Å². The quantitative estimate of drug-likeness (QED) is 0.646. The predicted octanol–water partition coefficient (Wildman–Crippen LogP) is 4.57. The van der Waals surface area contributed by atoms with Crippen LogP contribution < -0.4 is 10.2 Å². The Labute approximate surface area is 172 Å². The fourth-order valence-corrected chi connectivity index (χ4v) is 3.73. The van der Waals surface area contributed by atoms with Gasteiger partial charge in [-0.3, -0.25) is 4.79 Å². The van der Waals surface area contributed by atoms with Crippen LogP contribution in [0, 0.1) is 5.82 Å². The van der Waals surface area contributed by atoms with Gasteiger partial charge in [0.15, 0.2) is 5.17 Å². The van der Waals surface area contributed by atoms with Crippen molar-refractivity contribution in [2.75, 3.05) is 19.0 Å². The Morgan fingerprint density at radius 2 is 1.79 bits per heavy atom. The number of amidine groups is 1. The van der Waals surface area contributed by atoms with Gasteiger partial charge in [-0.2, -0.15) is 0 Å². The first kappa shape index (κ1) is 19.0. The Kier molecular flexibility index (Phi) is 5.22. The smallest absolute Gasteiger partial charge is 0.264 e. The third-order valence-corrected chi connectivity index (χ3v) is 5.32. The normalized spacial score (nSPS) is 16.4. The Morgan fingerprint density at radius 3 is 2.48 bits per heavy atom. The van der Waals surface area contributed by atoms with Crippen LogP contribution in [0.3, 0.4) is 0 Å². The molecule has 29 heavy (non-hydrogen) atoms. The average Bonchev–Trinajstić information content (AvgIpc) is 3.30. The van der Waals surface area contributed by atoms with Gasteiger partial charge in [0.05, 0.1) is 10.6 Å². The summed E-state index contributed by atoms with van der Waals surface area (Å²) in [6.45, 7) is 0. The zero-order valence-corrected chi connectivity index (χ0v) is 16.8. The third kappa shape index (κ3) is 4.25. The molecule has 1 aliphatic rings. The lowest BCUT2D eigenvalue weighted by Gasteiger charge is -2.13. The molecule has 146 valence electrons. The van der Waals surface area contributed by atoms with Crippen molar-refractivity contribution in [1.82, 2.24) is 9.88 Å². The summed E-state index contributed by atoms with van der Waals surface area (Å²) in [4.78, 5) is 19.3. The van der Waals surface area contributed by atoms with Crippen LogP contribution >= 0.6 is 11.8 Å². The molecule has 0 saturated carbocycles. The summed E-state index contributed by atoms with van der Waals surface area (Å²) in [5.41, 5.74) is 3.60. The molecule has 4 rings (SSSR count). The number of hydrogen-bond donors (Lipinski definition) is 1. The Morgan fingerprint density at radius 1 is 1.07 bits per heavy atom. The molecule has 0 atom stereocenters. The Bertz CT molecular complexity index is 1100. The van der Waals surface area contributed by atoms with E-state index >= 15 is 0 Å². The SMILES string of the molecule is CN(C)c1ccc(-n2cccc2/C=C2\SC(=Nc3ccc(F)cc3)NC2=O)cc1. The molecule has 1 fully saturated rings. The zero-order chi connectivity index (χ0) is 20.4. The van der Waals surface area contributed by atoms with E-state index in [2.05, 4.69) is 22.4 Å². The van der Waals surface area contributed by atoms with Gasteiger partial charge in [0.25, 0.3) is 5.91 Å². The summed E-state index contributed by atoms with van der Waals surface area (Å²) in [7, 11) is 4.00. The molecule has 0 bridgehead atoms. The number of anilines is 1. The molecule has 5 nitrogen and oxygen atoms in total. The van der Waals surface area contributed by atoms with E-state index in [0.29, 0.717) is 15.8 Å². The number of nitrogens with zero attached hydrogens (tertiary/aromatic N) is 3. The van der Waals surface area contributed by atoms with Crippen molar-refractivity contribution < 1.29 is 9.18 Å². The van der Waals surface area contributed by atoms with Crippen molar-refractivity contribution >= 4 is 40.3 Å². The van der Waals surface area contributed by atoms with Gasteiger partial charge >= 0.3 is 0 Å². The van der Waals surface area contributed by atoms with Crippen molar-refractivity contribution in [2.45, 2.75) is 0 Å².